The molecule has 2 aromatic rings. The van der Waals surface area contributed by atoms with Gasteiger partial charge in [-0.2, -0.15) is 9.97 Å². The van der Waals surface area contributed by atoms with Gasteiger partial charge in [0.1, 0.15) is 11.2 Å². The molecule has 0 spiro atoms. The van der Waals surface area contributed by atoms with Crippen molar-refractivity contribution in [2.45, 2.75) is 187 Å². The van der Waals surface area contributed by atoms with E-state index >= 15 is 0 Å². The number of hydrogen-bond acceptors (Lipinski definition) is 12. The highest BCUT2D eigenvalue weighted by Crippen LogP contribution is 2.33. The van der Waals surface area contributed by atoms with E-state index in [0.29, 0.717) is 5.89 Å². The van der Waals surface area contributed by atoms with Crippen LogP contribution in [0.5, 0.6) is 0 Å². The van der Waals surface area contributed by atoms with Crippen LogP contribution in [0.15, 0.2) is 9.05 Å². The summed E-state index contributed by atoms with van der Waals surface area (Å²) in [6, 6.07) is 0. The minimum atomic E-state index is -0.738. The van der Waals surface area contributed by atoms with E-state index in [2.05, 4.69) is 20.3 Å². The van der Waals surface area contributed by atoms with Crippen LogP contribution in [0.4, 0.5) is 0 Å². The Balaban J connectivity index is 0.000000280. The van der Waals surface area contributed by atoms with Gasteiger partial charge < -0.3 is 24.3 Å². The summed E-state index contributed by atoms with van der Waals surface area (Å²) in [7, 11) is 0. The molecular formula is C39H63N5O8. The molecule has 1 amide bonds. The Labute approximate surface area is 309 Å². The number of amides is 1. The third kappa shape index (κ3) is 16.4. The maximum atomic E-state index is 12.3. The maximum absolute atomic E-state index is 12.3. The van der Waals surface area contributed by atoms with Crippen LogP contribution in [0.3, 0.4) is 0 Å². The lowest BCUT2D eigenvalue weighted by molar-refractivity contribution is -0.156. The van der Waals surface area contributed by atoms with Gasteiger partial charge in [-0.3, -0.25) is 19.2 Å². The Kier molecular flexibility index (Phi) is 16.9. The van der Waals surface area contributed by atoms with Crippen LogP contribution < -0.4 is 5.73 Å². The molecule has 2 N–H and O–H groups in total. The summed E-state index contributed by atoms with van der Waals surface area (Å²) in [6.45, 7) is 12.5. The van der Waals surface area contributed by atoms with Gasteiger partial charge in [0.25, 0.3) is 11.7 Å². The maximum Gasteiger partial charge on any atom is 0.307 e. The van der Waals surface area contributed by atoms with Crippen molar-refractivity contribution in [3.8, 4) is 0 Å². The fourth-order valence-electron chi connectivity index (χ4n) is 7.10. The largest absolute Gasteiger partial charge is 0.460 e. The summed E-state index contributed by atoms with van der Waals surface area (Å²) < 4.78 is 21.3. The first kappa shape index (κ1) is 42.8. The highest BCUT2D eigenvalue weighted by molar-refractivity contribution is 5.90. The molecule has 2 aliphatic carbocycles. The number of Topliss-reactive ketones (excluding diaryl/α,β-unsaturated/α-hetero) is 1. The number of rotatable bonds is 16. The van der Waals surface area contributed by atoms with Gasteiger partial charge >= 0.3 is 11.9 Å². The number of esters is 2. The second kappa shape index (κ2) is 20.6. The van der Waals surface area contributed by atoms with Crippen molar-refractivity contribution < 1.29 is 37.7 Å². The van der Waals surface area contributed by atoms with E-state index < -0.39 is 17.1 Å². The van der Waals surface area contributed by atoms with Gasteiger partial charge in [0.2, 0.25) is 23.4 Å². The number of ether oxygens (including phenoxy) is 2. The average Bonchev–Trinajstić information content (AvgIpc) is 3.75. The Morgan fingerprint density at radius 3 is 1.38 bits per heavy atom. The van der Waals surface area contributed by atoms with Gasteiger partial charge in [0.15, 0.2) is 0 Å². The predicted molar refractivity (Wildman–Crippen MR) is 194 cm³/mol. The zero-order valence-corrected chi connectivity index (χ0v) is 32.7. The van der Waals surface area contributed by atoms with E-state index in [4.69, 9.17) is 24.3 Å². The number of carbonyl (C=O) groups excluding carboxylic acids is 4. The lowest BCUT2D eigenvalue weighted by atomic mass is 9.84. The van der Waals surface area contributed by atoms with Crippen molar-refractivity contribution in [3.05, 3.63) is 23.4 Å². The normalized spacial score (nSPS) is 17.1. The highest BCUT2D eigenvalue weighted by Gasteiger charge is 2.28. The Hall–Kier alpha value is -3.64. The van der Waals surface area contributed by atoms with Gasteiger partial charge in [-0.15, -0.1) is 0 Å². The minimum absolute atomic E-state index is 0.0708. The van der Waals surface area contributed by atoms with E-state index in [0.717, 1.165) is 43.9 Å². The number of primary amides is 1. The number of carbonyl (C=O) groups is 4. The molecule has 2 aromatic heterocycles. The molecule has 2 aliphatic rings. The molecule has 0 radical (unpaired) electrons. The zero-order chi connectivity index (χ0) is 38.3. The molecule has 2 atom stereocenters. The average molecular weight is 730 g/mol. The SMILES string of the molecule is CC(=O)c1noc([C@H](CCCC2CCCCC2)CC(=O)OC(C)(C)C)n1.CC(C)(C)OC(=O)C[C@@H](CCCC1CCCCC1)c1nc(C(N)=O)no1. The molecule has 0 aliphatic heterocycles. The van der Waals surface area contributed by atoms with Gasteiger partial charge in [0, 0.05) is 18.8 Å². The molecule has 0 saturated heterocycles. The fourth-order valence-corrected chi connectivity index (χ4v) is 7.10. The number of hydrogen-bond donors (Lipinski definition) is 1. The standard InChI is InChI=1S/C20H32N2O4.C19H31N3O4/c1-14(23)18-21-19(26-22-18)16(13-17(24)25-20(2,3)4)12-8-11-15-9-6-5-7-10-15;1-19(2,3)25-15(23)12-14(18-21-17(16(20)24)22-26-18)11-7-10-13-8-5-4-6-9-13/h15-16H,5-13H2,1-4H3;13-14H,4-12H2,1-3H3,(H2,20,24)/t16-;14-/m11/s1. The first-order valence-electron chi connectivity index (χ1n) is 19.4. The van der Waals surface area contributed by atoms with E-state index in [1.54, 1.807) is 0 Å². The Bertz CT molecular complexity index is 1300. The van der Waals surface area contributed by atoms with Crippen molar-refractivity contribution >= 4 is 23.6 Å². The third-order valence-corrected chi connectivity index (χ3v) is 9.56. The van der Waals surface area contributed by atoms with Crippen LogP contribution in [0, 0.1) is 11.8 Å². The Morgan fingerprint density at radius 2 is 1.06 bits per heavy atom. The smallest absolute Gasteiger partial charge is 0.307 e. The second-order valence-electron chi connectivity index (χ2n) is 16.7. The summed E-state index contributed by atoms with van der Waals surface area (Å²) in [5, 5.41) is 7.33. The number of ketones is 1. The monoisotopic (exact) mass is 729 g/mol. The van der Waals surface area contributed by atoms with Crippen molar-refractivity contribution in [2.24, 2.45) is 17.6 Å². The van der Waals surface area contributed by atoms with Crippen LogP contribution >= 0.6 is 0 Å². The molecule has 2 saturated carbocycles. The van der Waals surface area contributed by atoms with Crippen LogP contribution in [0.25, 0.3) is 0 Å². The number of aromatic nitrogens is 4. The Morgan fingerprint density at radius 1 is 0.673 bits per heavy atom. The van der Waals surface area contributed by atoms with Crippen molar-refractivity contribution in [1.82, 2.24) is 20.3 Å². The predicted octanol–water partition coefficient (Wildman–Crippen LogP) is 8.57. The van der Waals surface area contributed by atoms with Crippen molar-refractivity contribution in [2.75, 3.05) is 0 Å². The van der Waals surface area contributed by atoms with Crippen LogP contribution in [0.2, 0.25) is 0 Å². The number of nitrogens with zero attached hydrogens (tertiary/aromatic N) is 4. The van der Waals surface area contributed by atoms with Gasteiger partial charge in [-0.25, -0.2) is 0 Å². The molecule has 4 rings (SSSR count). The topological polar surface area (TPSA) is 191 Å². The molecule has 2 fully saturated rings. The molecule has 13 nitrogen and oxygen atoms in total. The van der Waals surface area contributed by atoms with Crippen molar-refractivity contribution in [3.63, 3.8) is 0 Å². The van der Waals surface area contributed by atoms with Crippen LogP contribution in [-0.4, -0.2) is 55.1 Å². The van der Waals surface area contributed by atoms with Gasteiger partial charge in [0.05, 0.1) is 12.8 Å². The molecule has 0 bridgehead atoms. The second-order valence-corrected chi connectivity index (χ2v) is 16.7. The highest BCUT2D eigenvalue weighted by atomic mass is 16.6. The quantitative estimate of drug-likeness (QED) is 0.128. The lowest BCUT2D eigenvalue weighted by Gasteiger charge is -2.23. The molecule has 52 heavy (non-hydrogen) atoms. The fraction of sp³-hybridized carbons (Fsp3) is 0.795. The van der Waals surface area contributed by atoms with Gasteiger partial charge in [-0.05, 0) is 66.2 Å². The van der Waals surface area contributed by atoms with Crippen LogP contribution in [-0.2, 0) is 19.1 Å². The van der Waals surface area contributed by atoms with E-state index in [1.165, 1.54) is 77.6 Å². The van der Waals surface area contributed by atoms with E-state index in [1.807, 2.05) is 41.5 Å². The van der Waals surface area contributed by atoms with E-state index in [9.17, 15) is 19.2 Å². The van der Waals surface area contributed by atoms with Crippen LogP contribution in [0.1, 0.15) is 209 Å². The summed E-state index contributed by atoms with van der Waals surface area (Å²) in [6.07, 6.45) is 19.4. The molecule has 2 heterocycles. The number of nitrogens with two attached hydrogens (primary N) is 1. The molecule has 292 valence electrons. The summed E-state index contributed by atoms with van der Waals surface area (Å²) in [5.74, 6) is 0.124. The summed E-state index contributed by atoms with van der Waals surface area (Å²) in [5.41, 5.74) is 4.12. The first-order valence-corrected chi connectivity index (χ1v) is 19.4. The van der Waals surface area contributed by atoms with E-state index in [-0.39, 0.29) is 59.9 Å². The molecular weight excluding hydrogens is 666 g/mol. The third-order valence-electron chi connectivity index (χ3n) is 9.56. The first-order chi connectivity index (χ1) is 24.5. The molecule has 13 heteroatoms. The summed E-state index contributed by atoms with van der Waals surface area (Å²) >= 11 is 0. The zero-order valence-electron chi connectivity index (χ0n) is 32.7. The minimum Gasteiger partial charge on any atom is -0.460 e. The lowest BCUT2D eigenvalue weighted by Crippen LogP contribution is -2.25. The van der Waals surface area contributed by atoms with Gasteiger partial charge in [-0.1, -0.05) is 100 Å². The molecule has 0 unspecified atom stereocenters. The molecule has 0 aromatic carbocycles. The van der Waals surface area contributed by atoms with Crippen molar-refractivity contribution in [1.29, 1.82) is 0 Å². The summed E-state index contributed by atoms with van der Waals surface area (Å²) in [4.78, 5) is 55.4.